The molecule has 0 aliphatic heterocycles. The van der Waals surface area contributed by atoms with Crippen molar-refractivity contribution in [3.05, 3.63) is 60.6 Å². The normalized spacial score (nSPS) is 10.6. The van der Waals surface area contributed by atoms with Crippen LogP contribution in [0.4, 0.5) is 0 Å². The van der Waals surface area contributed by atoms with Gasteiger partial charge in [0.15, 0.2) is 5.82 Å². The molecule has 3 heteroatoms. The highest BCUT2D eigenvalue weighted by Crippen LogP contribution is 2.19. The maximum Gasteiger partial charge on any atom is 0.264 e. The summed E-state index contributed by atoms with van der Waals surface area (Å²) in [5, 5.41) is 4.37. The van der Waals surface area contributed by atoms with Crippen LogP contribution in [0.1, 0.15) is 5.82 Å². The van der Waals surface area contributed by atoms with Gasteiger partial charge in [-0.2, -0.15) is 0 Å². The standard InChI is InChI=1S/C14H12N3/c1-11-15-14(12-7-3-2-4-8-12)13-9-5-6-10-17(13)16-11/h2-10H,1H3/q+1. The van der Waals surface area contributed by atoms with E-state index in [-0.39, 0.29) is 0 Å². The minimum Gasteiger partial charge on any atom is -0.220 e. The van der Waals surface area contributed by atoms with Crippen molar-refractivity contribution in [2.24, 2.45) is 0 Å². The number of pyridine rings is 1. The minimum absolute atomic E-state index is 0.771. The van der Waals surface area contributed by atoms with Crippen LogP contribution in [0.15, 0.2) is 54.7 Å². The lowest BCUT2D eigenvalue weighted by molar-refractivity contribution is -0.582. The molecule has 82 valence electrons. The van der Waals surface area contributed by atoms with Crippen LogP contribution >= 0.6 is 0 Å². The zero-order chi connectivity index (χ0) is 11.7. The largest absolute Gasteiger partial charge is 0.264 e. The van der Waals surface area contributed by atoms with E-state index < -0.39 is 0 Å². The van der Waals surface area contributed by atoms with Gasteiger partial charge in [0.2, 0.25) is 6.20 Å². The van der Waals surface area contributed by atoms with Crippen molar-refractivity contribution in [2.45, 2.75) is 6.92 Å². The topological polar surface area (TPSA) is 29.9 Å². The van der Waals surface area contributed by atoms with Gasteiger partial charge in [0.25, 0.3) is 5.52 Å². The lowest BCUT2D eigenvalue weighted by Gasteiger charge is -2.00. The molecule has 3 rings (SSSR count). The number of rotatable bonds is 1. The van der Waals surface area contributed by atoms with Crippen molar-refractivity contribution in [3.63, 3.8) is 0 Å². The van der Waals surface area contributed by atoms with E-state index in [1.54, 1.807) is 0 Å². The molecule has 0 aliphatic rings. The number of benzene rings is 1. The third kappa shape index (κ3) is 1.76. The van der Waals surface area contributed by atoms with Crippen LogP contribution < -0.4 is 4.52 Å². The summed E-state index contributed by atoms with van der Waals surface area (Å²) in [6.07, 6.45) is 1.94. The molecule has 2 heterocycles. The predicted octanol–water partition coefficient (Wildman–Crippen LogP) is 2.19. The average molecular weight is 222 g/mol. The summed E-state index contributed by atoms with van der Waals surface area (Å²) in [7, 11) is 0. The molecule has 1 aromatic carbocycles. The van der Waals surface area contributed by atoms with Crippen molar-refractivity contribution < 1.29 is 4.52 Å². The molecular weight excluding hydrogens is 210 g/mol. The van der Waals surface area contributed by atoms with E-state index in [0.717, 1.165) is 22.6 Å². The van der Waals surface area contributed by atoms with Crippen molar-refractivity contribution in [2.75, 3.05) is 0 Å². The van der Waals surface area contributed by atoms with Gasteiger partial charge in [0.1, 0.15) is 5.69 Å². The first-order chi connectivity index (χ1) is 8.34. The van der Waals surface area contributed by atoms with E-state index >= 15 is 0 Å². The Morgan fingerprint density at radius 2 is 1.71 bits per heavy atom. The first-order valence-electron chi connectivity index (χ1n) is 5.55. The molecule has 0 spiro atoms. The summed E-state index contributed by atoms with van der Waals surface area (Å²) in [6.45, 7) is 1.91. The SMILES string of the molecule is Cc1nc(-c2ccccc2)c2cccc[n+]2n1. The molecule has 0 radical (unpaired) electrons. The van der Waals surface area contributed by atoms with E-state index in [4.69, 9.17) is 0 Å². The van der Waals surface area contributed by atoms with Crippen LogP contribution in [0.2, 0.25) is 0 Å². The van der Waals surface area contributed by atoms with Crippen LogP contribution in [0.3, 0.4) is 0 Å². The Hall–Kier alpha value is -2.29. The summed E-state index contributed by atoms with van der Waals surface area (Å²) in [5.74, 6) is 0.771. The summed E-state index contributed by atoms with van der Waals surface area (Å²) in [5.41, 5.74) is 3.10. The lowest BCUT2D eigenvalue weighted by Crippen LogP contribution is -2.28. The van der Waals surface area contributed by atoms with Crippen molar-refractivity contribution >= 4 is 5.52 Å². The Balaban J connectivity index is 2.36. The van der Waals surface area contributed by atoms with Crippen LogP contribution in [-0.2, 0) is 0 Å². The molecule has 3 aromatic rings. The zero-order valence-electron chi connectivity index (χ0n) is 9.54. The maximum absolute atomic E-state index is 4.54. The maximum atomic E-state index is 4.54. The fourth-order valence-corrected chi connectivity index (χ4v) is 1.92. The van der Waals surface area contributed by atoms with E-state index in [0.29, 0.717) is 0 Å². The predicted molar refractivity (Wildman–Crippen MR) is 65.4 cm³/mol. The van der Waals surface area contributed by atoms with Gasteiger partial charge in [-0.15, -0.1) is 0 Å². The van der Waals surface area contributed by atoms with E-state index in [9.17, 15) is 0 Å². The van der Waals surface area contributed by atoms with Crippen LogP contribution in [0.5, 0.6) is 0 Å². The molecule has 0 saturated heterocycles. The van der Waals surface area contributed by atoms with Gasteiger partial charge >= 0.3 is 0 Å². The Bertz CT molecular complexity index is 663. The Morgan fingerprint density at radius 3 is 2.53 bits per heavy atom. The Morgan fingerprint density at radius 1 is 0.941 bits per heavy atom. The van der Waals surface area contributed by atoms with Crippen LogP contribution in [0, 0.1) is 6.92 Å². The summed E-state index contributed by atoms with van der Waals surface area (Å²) < 4.78 is 1.87. The molecule has 0 saturated carbocycles. The molecular formula is C14H12N3+. The highest BCUT2D eigenvalue weighted by Gasteiger charge is 2.13. The fraction of sp³-hybridized carbons (Fsp3) is 0.0714. The molecule has 0 unspecified atom stereocenters. The van der Waals surface area contributed by atoms with E-state index in [1.165, 1.54) is 0 Å². The average Bonchev–Trinajstić information content (AvgIpc) is 2.39. The second kappa shape index (κ2) is 3.94. The van der Waals surface area contributed by atoms with Gasteiger partial charge in [-0.05, 0) is 10.6 Å². The minimum atomic E-state index is 0.771. The molecule has 0 aliphatic carbocycles. The molecule has 0 amide bonds. The number of aryl methyl sites for hydroxylation is 1. The first-order valence-corrected chi connectivity index (χ1v) is 5.55. The van der Waals surface area contributed by atoms with Crippen LogP contribution in [0.25, 0.3) is 16.8 Å². The number of hydrogen-bond acceptors (Lipinski definition) is 2. The summed E-state index contributed by atoms with van der Waals surface area (Å²) in [4.78, 5) is 4.54. The molecule has 3 nitrogen and oxygen atoms in total. The van der Waals surface area contributed by atoms with Crippen molar-refractivity contribution in [1.82, 2.24) is 10.1 Å². The monoisotopic (exact) mass is 222 g/mol. The van der Waals surface area contributed by atoms with Crippen molar-refractivity contribution in [1.29, 1.82) is 0 Å². The third-order valence-electron chi connectivity index (χ3n) is 2.66. The van der Waals surface area contributed by atoms with Gasteiger partial charge in [0, 0.05) is 29.7 Å². The Kier molecular flexibility index (Phi) is 2.29. The van der Waals surface area contributed by atoms with Gasteiger partial charge < -0.3 is 0 Å². The number of hydrogen-bond donors (Lipinski definition) is 0. The second-order valence-electron chi connectivity index (χ2n) is 3.90. The van der Waals surface area contributed by atoms with Gasteiger partial charge in [-0.25, -0.2) is 4.98 Å². The smallest absolute Gasteiger partial charge is 0.220 e. The van der Waals surface area contributed by atoms with Gasteiger partial charge in [-0.1, -0.05) is 30.3 Å². The second-order valence-corrected chi connectivity index (χ2v) is 3.90. The summed E-state index contributed by atoms with van der Waals surface area (Å²) >= 11 is 0. The molecule has 0 N–H and O–H groups in total. The van der Waals surface area contributed by atoms with E-state index in [2.05, 4.69) is 22.2 Å². The molecule has 2 aromatic heterocycles. The molecule has 0 bridgehead atoms. The first kappa shape index (κ1) is 9.90. The summed E-state index contributed by atoms with van der Waals surface area (Å²) in [6, 6.07) is 16.2. The lowest BCUT2D eigenvalue weighted by atomic mass is 10.1. The molecule has 17 heavy (non-hydrogen) atoms. The highest BCUT2D eigenvalue weighted by molar-refractivity contribution is 5.73. The van der Waals surface area contributed by atoms with Gasteiger partial charge in [0.05, 0.1) is 0 Å². The van der Waals surface area contributed by atoms with Crippen molar-refractivity contribution in [3.8, 4) is 11.3 Å². The highest BCUT2D eigenvalue weighted by atomic mass is 15.2. The number of fused-ring (bicyclic) bond motifs is 1. The number of aromatic nitrogens is 3. The van der Waals surface area contributed by atoms with Crippen LogP contribution in [-0.4, -0.2) is 10.1 Å². The Labute approximate surface area is 99.4 Å². The van der Waals surface area contributed by atoms with Gasteiger partial charge in [-0.3, -0.25) is 0 Å². The van der Waals surface area contributed by atoms with E-state index in [1.807, 2.05) is 54.0 Å². The zero-order valence-corrected chi connectivity index (χ0v) is 9.54. The molecule has 0 atom stereocenters. The fourth-order valence-electron chi connectivity index (χ4n) is 1.92. The third-order valence-corrected chi connectivity index (χ3v) is 2.66. The quantitative estimate of drug-likeness (QED) is 0.591. The molecule has 0 fully saturated rings. The number of nitrogens with zero attached hydrogens (tertiary/aromatic N) is 3.